The van der Waals surface area contributed by atoms with Gasteiger partial charge >= 0.3 is 31.1 Å². The van der Waals surface area contributed by atoms with Crippen LogP contribution in [0.5, 0.6) is 5.75 Å². The molecule has 208 valence electrons. The summed E-state index contributed by atoms with van der Waals surface area (Å²) in [5.74, 6) is -1.54. The molecule has 1 amide bonds. The Labute approximate surface area is 227 Å². The minimum absolute atomic E-state index is 0.00120. The Morgan fingerprint density at radius 1 is 1.03 bits per heavy atom. The van der Waals surface area contributed by atoms with Crippen LogP contribution in [0.3, 0.4) is 0 Å². The van der Waals surface area contributed by atoms with Crippen LogP contribution in [-0.2, 0) is 46.2 Å². The highest BCUT2D eigenvalue weighted by Gasteiger charge is 2.37. The Bertz CT molecular complexity index is 1160. The van der Waals surface area contributed by atoms with E-state index in [1.165, 1.54) is 12.0 Å². The van der Waals surface area contributed by atoms with Gasteiger partial charge in [-0.25, -0.2) is 9.59 Å². The quantitative estimate of drug-likeness (QED) is 0.389. The van der Waals surface area contributed by atoms with Gasteiger partial charge in [0, 0.05) is 6.42 Å². The average molecular weight is 540 g/mol. The summed E-state index contributed by atoms with van der Waals surface area (Å²) in [4.78, 5) is 51.7. The number of alkyl carbamates (subject to hydrolysis) is 1. The summed E-state index contributed by atoms with van der Waals surface area (Å²) in [5, 5.41) is 2.58. The van der Waals surface area contributed by atoms with E-state index in [1.54, 1.807) is 46.0 Å². The number of carbonyl (C=O) groups excluding carboxylic acids is 4. The minimum Gasteiger partial charge on any atom is -0.497 e. The summed E-state index contributed by atoms with van der Waals surface area (Å²) in [6.07, 6.45) is -0.786. The van der Waals surface area contributed by atoms with Crippen molar-refractivity contribution in [2.45, 2.75) is 45.4 Å². The van der Waals surface area contributed by atoms with Crippen molar-refractivity contribution in [3.05, 3.63) is 59.7 Å². The summed E-state index contributed by atoms with van der Waals surface area (Å²) in [6, 6.07) is 12.9. The van der Waals surface area contributed by atoms with Crippen LogP contribution in [0.25, 0.3) is 0 Å². The summed E-state index contributed by atoms with van der Waals surface area (Å²) >= 11 is 0. The standard InChI is InChI=1S/C27H33BN2O9/c1-27(2,3)37-26(34)29-21(25(33)36-17-18-9-7-6-8-10-18)14-19-11-12-22(35-5)20(13-19)28-38-23(31)15-30(4)16-24(32)39-28/h6-13,21H,14-17H2,1-5H3,(H,29,34)/t21-/m0/s1. The summed E-state index contributed by atoms with van der Waals surface area (Å²) < 4.78 is 27.0. The third kappa shape index (κ3) is 9.33. The molecule has 3 rings (SSSR count). The van der Waals surface area contributed by atoms with Crippen molar-refractivity contribution in [3.8, 4) is 5.75 Å². The third-order valence-electron chi connectivity index (χ3n) is 5.46. The van der Waals surface area contributed by atoms with E-state index in [0.717, 1.165) is 5.56 Å². The molecular formula is C27H33BN2O9. The fourth-order valence-electron chi connectivity index (χ4n) is 3.76. The number of benzene rings is 2. The van der Waals surface area contributed by atoms with Crippen molar-refractivity contribution in [1.82, 2.24) is 10.2 Å². The molecule has 2 aromatic carbocycles. The van der Waals surface area contributed by atoms with E-state index < -0.39 is 42.8 Å². The fourth-order valence-corrected chi connectivity index (χ4v) is 3.76. The maximum atomic E-state index is 13.1. The van der Waals surface area contributed by atoms with Gasteiger partial charge in [0.05, 0.1) is 25.7 Å². The smallest absolute Gasteiger partial charge is 0.497 e. The molecule has 2 aromatic rings. The zero-order chi connectivity index (χ0) is 28.6. The first-order valence-corrected chi connectivity index (χ1v) is 12.4. The molecule has 12 heteroatoms. The van der Waals surface area contributed by atoms with Crippen molar-refractivity contribution in [1.29, 1.82) is 0 Å². The predicted molar refractivity (Wildman–Crippen MR) is 141 cm³/mol. The van der Waals surface area contributed by atoms with E-state index in [9.17, 15) is 19.2 Å². The highest BCUT2D eigenvalue weighted by molar-refractivity contribution is 6.65. The van der Waals surface area contributed by atoms with Crippen LogP contribution in [0, 0.1) is 0 Å². The Morgan fingerprint density at radius 3 is 2.26 bits per heavy atom. The molecule has 0 spiro atoms. The molecule has 1 aliphatic heterocycles. The van der Waals surface area contributed by atoms with Crippen LogP contribution in [0.1, 0.15) is 31.9 Å². The maximum absolute atomic E-state index is 13.1. The molecule has 0 unspecified atom stereocenters. The van der Waals surface area contributed by atoms with Crippen molar-refractivity contribution in [3.63, 3.8) is 0 Å². The summed E-state index contributed by atoms with van der Waals surface area (Å²) in [5.41, 5.74) is 0.826. The van der Waals surface area contributed by atoms with Crippen LogP contribution < -0.4 is 15.5 Å². The average Bonchev–Trinajstić information content (AvgIpc) is 2.85. The van der Waals surface area contributed by atoms with Crippen molar-refractivity contribution >= 4 is 36.6 Å². The molecule has 0 bridgehead atoms. The second-order valence-electron chi connectivity index (χ2n) is 10.1. The largest absolute Gasteiger partial charge is 0.640 e. The Kier molecular flexibility index (Phi) is 9.94. The molecule has 0 radical (unpaired) electrons. The topological polar surface area (TPSA) is 130 Å². The van der Waals surface area contributed by atoms with Gasteiger partial charge in [-0.3, -0.25) is 14.5 Å². The molecule has 1 saturated heterocycles. The van der Waals surface area contributed by atoms with E-state index in [4.69, 9.17) is 23.5 Å². The van der Waals surface area contributed by atoms with Crippen molar-refractivity contribution in [2.24, 2.45) is 0 Å². The lowest BCUT2D eigenvalue weighted by Gasteiger charge is -2.24. The van der Waals surface area contributed by atoms with E-state index in [1.807, 2.05) is 30.3 Å². The first-order valence-electron chi connectivity index (χ1n) is 12.4. The van der Waals surface area contributed by atoms with Crippen molar-refractivity contribution < 1.29 is 42.7 Å². The van der Waals surface area contributed by atoms with Gasteiger partial charge in [-0.15, -0.1) is 0 Å². The molecule has 1 atom stereocenters. The maximum Gasteiger partial charge on any atom is 0.640 e. The first kappa shape index (κ1) is 29.5. The van der Waals surface area contributed by atoms with Gasteiger partial charge in [-0.05, 0) is 45.0 Å². The van der Waals surface area contributed by atoms with Gasteiger partial charge in [-0.2, -0.15) is 0 Å². The number of amides is 1. The van der Waals surface area contributed by atoms with Crippen LogP contribution in [0.2, 0.25) is 0 Å². The lowest BCUT2D eigenvalue weighted by molar-refractivity contribution is -0.148. The molecular weight excluding hydrogens is 507 g/mol. The third-order valence-corrected chi connectivity index (χ3v) is 5.46. The molecule has 39 heavy (non-hydrogen) atoms. The number of esters is 1. The number of carbonyl (C=O) groups is 4. The number of likely N-dealkylation sites (N-methyl/N-ethyl adjacent to an activating group) is 1. The Morgan fingerprint density at radius 2 is 1.67 bits per heavy atom. The van der Waals surface area contributed by atoms with Gasteiger partial charge in [0.1, 0.15) is 24.0 Å². The Hall–Kier alpha value is -4.06. The van der Waals surface area contributed by atoms with Gasteiger partial charge in [-0.1, -0.05) is 42.5 Å². The SMILES string of the molecule is COc1ccc(C[C@H](NC(=O)OC(C)(C)C)C(=O)OCc2ccccc2)cc1B1OC(=O)CN(C)CC(=O)O1. The molecule has 0 aromatic heterocycles. The van der Waals surface area contributed by atoms with Gasteiger partial charge in [0.15, 0.2) is 0 Å². The number of nitrogens with zero attached hydrogens (tertiary/aromatic N) is 1. The zero-order valence-corrected chi connectivity index (χ0v) is 22.7. The summed E-state index contributed by atoms with van der Waals surface area (Å²) in [6.45, 7) is 4.95. The lowest BCUT2D eigenvalue weighted by Crippen LogP contribution is -2.48. The second kappa shape index (κ2) is 13.1. The monoisotopic (exact) mass is 540 g/mol. The van der Waals surface area contributed by atoms with Crippen LogP contribution >= 0.6 is 0 Å². The van der Waals surface area contributed by atoms with Crippen molar-refractivity contribution in [2.75, 3.05) is 27.2 Å². The van der Waals surface area contributed by atoms with Gasteiger partial charge in [0.2, 0.25) is 0 Å². The first-order chi connectivity index (χ1) is 18.4. The van der Waals surface area contributed by atoms with Crippen LogP contribution in [0.15, 0.2) is 48.5 Å². The highest BCUT2D eigenvalue weighted by Crippen LogP contribution is 2.16. The van der Waals surface area contributed by atoms with Gasteiger partial charge in [0.25, 0.3) is 0 Å². The molecule has 1 fully saturated rings. The van der Waals surface area contributed by atoms with E-state index in [0.29, 0.717) is 11.3 Å². The normalized spacial score (nSPS) is 15.3. The van der Waals surface area contributed by atoms with E-state index in [-0.39, 0.29) is 31.6 Å². The van der Waals surface area contributed by atoms with Gasteiger partial charge < -0.3 is 28.8 Å². The molecule has 1 heterocycles. The van der Waals surface area contributed by atoms with Crippen LogP contribution in [-0.4, -0.2) is 74.9 Å². The fraction of sp³-hybridized carbons (Fsp3) is 0.407. The number of methoxy groups -OCH3 is 1. The number of hydrogen-bond acceptors (Lipinski definition) is 10. The highest BCUT2D eigenvalue weighted by atomic mass is 16.6. The van der Waals surface area contributed by atoms with Crippen LogP contribution in [0.4, 0.5) is 4.79 Å². The molecule has 1 aliphatic rings. The Balaban J connectivity index is 1.85. The molecule has 0 aliphatic carbocycles. The number of ether oxygens (including phenoxy) is 3. The number of rotatable bonds is 8. The number of hydrogen-bond donors (Lipinski definition) is 1. The zero-order valence-electron chi connectivity index (χ0n) is 22.7. The molecule has 11 nitrogen and oxygen atoms in total. The van der Waals surface area contributed by atoms with E-state index in [2.05, 4.69) is 5.32 Å². The molecule has 1 N–H and O–H groups in total. The predicted octanol–water partition coefficient (Wildman–Crippen LogP) is 1.60. The summed E-state index contributed by atoms with van der Waals surface area (Å²) in [7, 11) is 1.67. The second-order valence-corrected chi connectivity index (χ2v) is 10.1. The number of nitrogens with one attached hydrogen (secondary N) is 1. The van der Waals surface area contributed by atoms with E-state index >= 15 is 0 Å². The molecule has 0 saturated carbocycles. The lowest BCUT2D eigenvalue weighted by atomic mass is 9.76. The minimum atomic E-state index is -1.35.